The molecule has 0 saturated carbocycles. The van der Waals surface area contributed by atoms with Gasteiger partial charge >= 0.3 is 5.82 Å². The topological polar surface area (TPSA) is 193 Å². The van der Waals surface area contributed by atoms with Gasteiger partial charge in [0.15, 0.2) is 6.33 Å². The molecule has 3 heterocycles. The second kappa shape index (κ2) is 8.24. The number of likely N-dealkylation sites (tertiary alicyclic amines) is 1. The number of nitrogens with one attached hydrogen (secondary N) is 3. The van der Waals surface area contributed by atoms with Gasteiger partial charge in [-0.25, -0.2) is 9.97 Å². The minimum absolute atomic E-state index is 0.0149. The standard InChI is InChI=1S/C16H21N7O6/c17-13(25)11-2-1-5-22(11)16(27)10(6-9-14(23(28)29)19-7-18-9)21-15(26)8-3-4-12(24)20-8/h7-8,10-11H,1-6H2,(H2,17,25)(H,18,19)(H,20,24)(H,21,26)/t8-,10-,11-/m0/s1. The van der Waals surface area contributed by atoms with Gasteiger partial charge < -0.3 is 31.4 Å². The third kappa shape index (κ3) is 4.33. The minimum atomic E-state index is -1.21. The third-order valence-corrected chi connectivity index (χ3v) is 5.07. The van der Waals surface area contributed by atoms with Crippen molar-refractivity contribution in [3.63, 3.8) is 0 Å². The fraction of sp³-hybridized carbons (Fsp3) is 0.562. The van der Waals surface area contributed by atoms with Gasteiger partial charge in [-0.3, -0.25) is 19.2 Å². The fourth-order valence-electron chi connectivity index (χ4n) is 3.63. The van der Waals surface area contributed by atoms with E-state index in [1.54, 1.807) is 0 Å². The molecule has 13 nitrogen and oxygen atoms in total. The Kier molecular flexibility index (Phi) is 5.75. The van der Waals surface area contributed by atoms with Crippen LogP contribution in [-0.4, -0.2) is 68.1 Å². The lowest BCUT2D eigenvalue weighted by Crippen LogP contribution is -2.56. The summed E-state index contributed by atoms with van der Waals surface area (Å²) < 4.78 is 0. The molecule has 3 atom stereocenters. The molecule has 4 amide bonds. The zero-order valence-electron chi connectivity index (χ0n) is 15.4. The summed E-state index contributed by atoms with van der Waals surface area (Å²) in [6.45, 7) is 0.279. The lowest BCUT2D eigenvalue weighted by atomic mass is 10.1. The highest BCUT2D eigenvalue weighted by Crippen LogP contribution is 2.21. The number of hydrogen-bond donors (Lipinski definition) is 4. The summed E-state index contributed by atoms with van der Waals surface area (Å²) in [5.74, 6) is -2.48. The maximum absolute atomic E-state index is 13.1. The second-order valence-electron chi connectivity index (χ2n) is 6.97. The molecule has 0 unspecified atom stereocenters. The average molecular weight is 407 g/mol. The van der Waals surface area contributed by atoms with Crippen molar-refractivity contribution in [3.05, 3.63) is 22.1 Å². The van der Waals surface area contributed by atoms with Crippen LogP contribution in [0.15, 0.2) is 6.33 Å². The number of aromatic nitrogens is 2. The van der Waals surface area contributed by atoms with Crippen LogP contribution in [0.4, 0.5) is 5.82 Å². The van der Waals surface area contributed by atoms with E-state index in [2.05, 4.69) is 20.6 Å². The lowest BCUT2D eigenvalue weighted by Gasteiger charge is -2.28. The molecule has 0 radical (unpaired) electrons. The van der Waals surface area contributed by atoms with Gasteiger partial charge in [0, 0.05) is 19.4 Å². The summed E-state index contributed by atoms with van der Waals surface area (Å²) >= 11 is 0. The fourth-order valence-corrected chi connectivity index (χ4v) is 3.63. The van der Waals surface area contributed by atoms with Crippen molar-refractivity contribution in [2.45, 2.75) is 50.2 Å². The normalized spacial score (nSPS) is 22.2. The van der Waals surface area contributed by atoms with Gasteiger partial charge in [-0.15, -0.1) is 0 Å². The first-order valence-electron chi connectivity index (χ1n) is 9.14. The Morgan fingerprint density at radius 1 is 1.41 bits per heavy atom. The molecule has 5 N–H and O–H groups in total. The monoisotopic (exact) mass is 407 g/mol. The predicted molar refractivity (Wildman–Crippen MR) is 96.0 cm³/mol. The lowest BCUT2D eigenvalue weighted by molar-refractivity contribution is -0.390. The highest BCUT2D eigenvalue weighted by Gasteiger charge is 2.39. The Balaban J connectivity index is 1.82. The number of nitro groups is 1. The van der Waals surface area contributed by atoms with Crippen LogP contribution in [0, 0.1) is 10.1 Å². The van der Waals surface area contributed by atoms with Crippen molar-refractivity contribution >= 4 is 29.4 Å². The smallest absolute Gasteiger partial charge is 0.343 e. The van der Waals surface area contributed by atoms with E-state index in [1.807, 2.05) is 0 Å². The third-order valence-electron chi connectivity index (χ3n) is 5.07. The maximum Gasteiger partial charge on any atom is 0.343 e. The van der Waals surface area contributed by atoms with Crippen molar-refractivity contribution in [2.24, 2.45) is 5.73 Å². The van der Waals surface area contributed by atoms with E-state index in [1.165, 1.54) is 4.90 Å². The Bertz CT molecular complexity index is 853. The highest BCUT2D eigenvalue weighted by atomic mass is 16.6. The van der Waals surface area contributed by atoms with Crippen LogP contribution < -0.4 is 16.4 Å². The van der Waals surface area contributed by atoms with Crippen LogP contribution in [0.3, 0.4) is 0 Å². The van der Waals surface area contributed by atoms with E-state index in [-0.39, 0.29) is 43.2 Å². The van der Waals surface area contributed by atoms with E-state index >= 15 is 0 Å². The van der Waals surface area contributed by atoms with Gasteiger partial charge in [0.1, 0.15) is 23.8 Å². The maximum atomic E-state index is 13.1. The predicted octanol–water partition coefficient (Wildman–Crippen LogP) is -1.90. The molecule has 0 bridgehead atoms. The molecule has 1 aromatic heterocycles. The molecule has 2 saturated heterocycles. The van der Waals surface area contributed by atoms with E-state index in [4.69, 9.17) is 5.73 Å². The van der Waals surface area contributed by atoms with Crippen molar-refractivity contribution in [3.8, 4) is 0 Å². The number of nitrogens with zero attached hydrogens (tertiary/aromatic N) is 3. The quantitative estimate of drug-likeness (QED) is 0.299. The first-order chi connectivity index (χ1) is 13.8. The number of H-pyrrole nitrogens is 1. The molecule has 0 aromatic carbocycles. The molecule has 3 rings (SSSR count). The van der Waals surface area contributed by atoms with Crippen molar-refractivity contribution < 1.29 is 24.1 Å². The number of rotatable bonds is 7. The Morgan fingerprint density at radius 3 is 2.79 bits per heavy atom. The van der Waals surface area contributed by atoms with Crippen LogP contribution in [0.25, 0.3) is 0 Å². The summed E-state index contributed by atoms with van der Waals surface area (Å²) in [6, 6.07) is -2.80. The van der Waals surface area contributed by atoms with E-state index in [9.17, 15) is 29.3 Å². The SMILES string of the molecule is NC(=O)[C@@H]1CCCN1C(=O)[C@H](Cc1nc[nH]c1[N+](=O)[O-])NC(=O)[C@@H]1CCC(=O)N1. The van der Waals surface area contributed by atoms with E-state index in [0.717, 1.165) is 6.33 Å². The number of nitrogens with two attached hydrogens (primary N) is 1. The van der Waals surface area contributed by atoms with Gasteiger partial charge in [0.05, 0.1) is 0 Å². The largest absolute Gasteiger partial charge is 0.368 e. The van der Waals surface area contributed by atoms with Gasteiger partial charge in [0.25, 0.3) is 0 Å². The van der Waals surface area contributed by atoms with Crippen LogP contribution in [0.5, 0.6) is 0 Å². The molecule has 156 valence electrons. The number of primary amides is 1. The van der Waals surface area contributed by atoms with Gasteiger partial charge in [-0.1, -0.05) is 0 Å². The first kappa shape index (κ1) is 20.2. The van der Waals surface area contributed by atoms with Gasteiger partial charge in [-0.2, -0.15) is 0 Å². The number of imidazole rings is 1. The van der Waals surface area contributed by atoms with Crippen molar-refractivity contribution in [1.29, 1.82) is 0 Å². The zero-order chi connectivity index (χ0) is 21.1. The average Bonchev–Trinajstić information content (AvgIpc) is 3.40. The Labute approximate surface area is 164 Å². The van der Waals surface area contributed by atoms with Crippen LogP contribution >= 0.6 is 0 Å². The van der Waals surface area contributed by atoms with Crippen LogP contribution in [0.2, 0.25) is 0 Å². The van der Waals surface area contributed by atoms with Crippen LogP contribution in [0.1, 0.15) is 31.4 Å². The number of aromatic amines is 1. The zero-order valence-corrected chi connectivity index (χ0v) is 15.4. The molecule has 0 aliphatic carbocycles. The number of carbonyl (C=O) groups is 4. The van der Waals surface area contributed by atoms with Crippen molar-refractivity contribution in [1.82, 2.24) is 25.5 Å². The second-order valence-corrected chi connectivity index (χ2v) is 6.97. The van der Waals surface area contributed by atoms with E-state index in [0.29, 0.717) is 12.8 Å². The molecule has 2 aliphatic heterocycles. The molecule has 13 heteroatoms. The van der Waals surface area contributed by atoms with Gasteiger partial charge in [0.2, 0.25) is 23.6 Å². The number of hydrogen-bond acceptors (Lipinski definition) is 7. The Hall–Kier alpha value is -3.51. The van der Waals surface area contributed by atoms with E-state index < -0.39 is 40.8 Å². The summed E-state index contributed by atoms with van der Waals surface area (Å²) in [4.78, 5) is 66.7. The molecular formula is C16H21N7O6. The molecule has 1 aromatic rings. The van der Waals surface area contributed by atoms with Crippen molar-refractivity contribution in [2.75, 3.05) is 6.54 Å². The molecular weight excluding hydrogens is 386 g/mol. The summed E-state index contributed by atoms with van der Waals surface area (Å²) in [7, 11) is 0. The highest BCUT2D eigenvalue weighted by molar-refractivity contribution is 5.95. The first-order valence-corrected chi connectivity index (χ1v) is 9.14. The Morgan fingerprint density at radius 2 is 2.17 bits per heavy atom. The van der Waals surface area contributed by atoms with Gasteiger partial charge in [-0.05, 0) is 24.2 Å². The summed E-state index contributed by atoms with van der Waals surface area (Å²) in [5, 5.41) is 16.2. The minimum Gasteiger partial charge on any atom is -0.368 e. The number of amides is 4. The number of carbonyl (C=O) groups excluding carboxylic acids is 4. The molecule has 29 heavy (non-hydrogen) atoms. The van der Waals surface area contributed by atoms with Crippen LogP contribution in [-0.2, 0) is 25.6 Å². The molecule has 2 aliphatic rings. The molecule has 2 fully saturated rings. The summed E-state index contributed by atoms with van der Waals surface area (Å²) in [6.07, 6.45) is 2.31. The molecule has 0 spiro atoms. The summed E-state index contributed by atoms with van der Waals surface area (Å²) in [5.41, 5.74) is 5.35.